The molecule has 1 heterocycles. The summed E-state index contributed by atoms with van der Waals surface area (Å²) in [6.45, 7) is 7.33. The van der Waals surface area contributed by atoms with Crippen LogP contribution < -0.4 is 10.1 Å². The fourth-order valence-electron chi connectivity index (χ4n) is 3.77. The number of carbonyl (C=O) groups excluding carboxylic acids is 1. The van der Waals surface area contributed by atoms with Gasteiger partial charge in [-0.1, -0.05) is 44.2 Å². The van der Waals surface area contributed by atoms with Crippen molar-refractivity contribution in [1.82, 2.24) is 4.57 Å². The second-order valence-electron chi connectivity index (χ2n) is 7.55. The molecule has 0 unspecified atom stereocenters. The molecule has 29 heavy (non-hydrogen) atoms. The van der Waals surface area contributed by atoms with Crippen LogP contribution in [0.4, 0.5) is 5.69 Å². The Labute approximate surface area is 171 Å². The van der Waals surface area contributed by atoms with E-state index in [1.807, 2.05) is 42.5 Å². The van der Waals surface area contributed by atoms with Gasteiger partial charge >= 0.3 is 0 Å². The van der Waals surface area contributed by atoms with E-state index in [0.29, 0.717) is 11.7 Å². The van der Waals surface area contributed by atoms with E-state index in [2.05, 4.69) is 54.9 Å². The number of nitrogens with zero attached hydrogens (tertiary/aromatic N) is 1. The molecule has 0 saturated heterocycles. The minimum atomic E-state index is -0.170. The number of fused-ring (bicyclic) bond motifs is 3. The number of carbonyl (C=O) groups is 1. The first kappa shape index (κ1) is 19.1. The molecule has 0 aliphatic rings. The van der Waals surface area contributed by atoms with Crippen LogP contribution in [0, 0.1) is 0 Å². The zero-order valence-electron chi connectivity index (χ0n) is 17.1. The van der Waals surface area contributed by atoms with Crippen LogP contribution in [0.2, 0.25) is 0 Å². The molecule has 4 heteroatoms. The average molecular weight is 386 g/mol. The highest BCUT2D eigenvalue weighted by molar-refractivity contribution is 6.09. The van der Waals surface area contributed by atoms with E-state index in [0.717, 1.165) is 17.6 Å². The fraction of sp³-hybridized carbons (Fsp3) is 0.240. The van der Waals surface area contributed by atoms with E-state index >= 15 is 0 Å². The molecule has 0 spiro atoms. The molecule has 0 fully saturated rings. The molecule has 4 nitrogen and oxygen atoms in total. The van der Waals surface area contributed by atoms with E-state index in [1.54, 1.807) is 0 Å². The Hall–Kier alpha value is -3.27. The fourth-order valence-corrected chi connectivity index (χ4v) is 3.77. The van der Waals surface area contributed by atoms with Gasteiger partial charge in [-0.2, -0.15) is 0 Å². The van der Waals surface area contributed by atoms with Crippen molar-refractivity contribution in [3.63, 3.8) is 0 Å². The number of aromatic nitrogens is 1. The van der Waals surface area contributed by atoms with E-state index in [4.69, 9.17) is 4.74 Å². The Balaban J connectivity index is 1.49. The quantitative estimate of drug-likeness (QED) is 0.445. The minimum absolute atomic E-state index is 0.0181. The van der Waals surface area contributed by atoms with Crippen LogP contribution >= 0.6 is 0 Å². The lowest BCUT2D eigenvalue weighted by atomic mass is 10.0. The number of benzene rings is 3. The molecule has 1 amide bonds. The highest BCUT2D eigenvalue weighted by Gasteiger charge is 2.11. The van der Waals surface area contributed by atoms with Gasteiger partial charge in [0, 0.05) is 34.0 Å². The summed E-state index contributed by atoms with van der Waals surface area (Å²) >= 11 is 0. The first-order valence-electron chi connectivity index (χ1n) is 10.1. The molecule has 0 aliphatic carbocycles. The van der Waals surface area contributed by atoms with Crippen LogP contribution in [0.15, 0.2) is 66.7 Å². The van der Waals surface area contributed by atoms with Crippen molar-refractivity contribution in [2.45, 2.75) is 33.2 Å². The Morgan fingerprint density at radius 3 is 2.41 bits per heavy atom. The van der Waals surface area contributed by atoms with Crippen LogP contribution in [0.3, 0.4) is 0 Å². The Bertz CT molecular complexity index is 1160. The van der Waals surface area contributed by atoms with Gasteiger partial charge < -0.3 is 14.6 Å². The third kappa shape index (κ3) is 3.83. The third-order valence-electron chi connectivity index (χ3n) is 5.29. The summed E-state index contributed by atoms with van der Waals surface area (Å²) in [7, 11) is 0. The van der Waals surface area contributed by atoms with Gasteiger partial charge in [0.05, 0.1) is 0 Å². The standard InChI is InChI=1S/C25H26N2O2/c1-4-27-23-8-6-5-7-21(23)22-15-19(11-14-24(22)27)26-25(28)16-29-20-12-9-18(10-13-20)17(2)3/h5-15,17H,4,16H2,1-3H3,(H,26,28). The molecule has 3 aromatic carbocycles. The van der Waals surface area contributed by atoms with Gasteiger partial charge in [0.25, 0.3) is 5.91 Å². The predicted octanol–water partition coefficient (Wildman–Crippen LogP) is 5.96. The van der Waals surface area contributed by atoms with Gasteiger partial charge in [-0.15, -0.1) is 0 Å². The van der Waals surface area contributed by atoms with E-state index in [1.165, 1.54) is 22.0 Å². The normalized spacial score (nSPS) is 11.3. The molecule has 0 saturated carbocycles. The Morgan fingerprint density at radius 1 is 0.966 bits per heavy atom. The second-order valence-corrected chi connectivity index (χ2v) is 7.55. The van der Waals surface area contributed by atoms with Gasteiger partial charge in [-0.3, -0.25) is 4.79 Å². The molecule has 4 aromatic rings. The van der Waals surface area contributed by atoms with Gasteiger partial charge in [0.1, 0.15) is 5.75 Å². The monoisotopic (exact) mass is 386 g/mol. The molecule has 0 atom stereocenters. The molecular formula is C25H26N2O2. The van der Waals surface area contributed by atoms with E-state index < -0.39 is 0 Å². The molecule has 1 N–H and O–H groups in total. The van der Waals surface area contributed by atoms with Gasteiger partial charge in [0.15, 0.2) is 6.61 Å². The summed E-state index contributed by atoms with van der Waals surface area (Å²) in [6, 6.07) is 22.3. The highest BCUT2D eigenvalue weighted by atomic mass is 16.5. The van der Waals surface area contributed by atoms with Gasteiger partial charge in [-0.05, 0) is 54.8 Å². The van der Waals surface area contributed by atoms with Crippen molar-refractivity contribution < 1.29 is 9.53 Å². The Morgan fingerprint density at radius 2 is 1.69 bits per heavy atom. The maximum absolute atomic E-state index is 12.4. The van der Waals surface area contributed by atoms with Crippen LogP contribution in [0.1, 0.15) is 32.3 Å². The summed E-state index contributed by atoms with van der Waals surface area (Å²) in [5.74, 6) is 1.00. The smallest absolute Gasteiger partial charge is 0.262 e. The molecule has 0 aliphatic heterocycles. The lowest BCUT2D eigenvalue weighted by Gasteiger charge is -2.10. The molecule has 4 rings (SSSR count). The number of ether oxygens (including phenoxy) is 1. The number of rotatable bonds is 6. The van der Waals surface area contributed by atoms with Gasteiger partial charge in [0.2, 0.25) is 0 Å². The van der Waals surface area contributed by atoms with Crippen molar-refractivity contribution >= 4 is 33.4 Å². The lowest BCUT2D eigenvalue weighted by molar-refractivity contribution is -0.118. The summed E-state index contributed by atoms with van der Waals surface area (Å²) in [5, 5.41) is 5.29. The summed E-state index contributed by atoms with van der Waals surface area (Å²) in [6.07, 6.45) is 0. The number of hydrogen-bond donors (Lipinski definition) is 1. The van der Waals surface area contributed by atoms with Crippen molar-refractivity contribution in [3.8, 4) is 5.75 Å². The van der Waals surface area contributed by atoms with E-state index in [-0.39, 0.29) is 12.5 Å². The molecular weight excluding hydrogens is 360 g/mol. The molecule has 1 aromatic heterocycles. The first-order chi connectivity index (χ1) is 14.1. The predicted molar refractivity (Wildman–Crippen MR) is 120 cm³/mol. The van der Waals surface area contributed by atoms with E-state index in [9.17, 15) is 4.79 Å². The maximum atomic E-state index is 12.4. The Kier molecular flexibility index (Phi) is 5.26. The maximum Gasteiger partial charge on any atom is 0.262 e. The first-order valence-corrected chi connectivity index (χ1v) is 10.1. The van der Waals surface area contributed by atoms with Crippen molar-refractivity contribution in [1.29, 1.82) is 0 Å². The number of aryl methyl sites for hydroxylation is 1. The number of amides is 1. The van der Waals surface area contributed by atoms with Crippen molar-refractivity contribution in [3.05, 3.63) is 72.3 Å². The number of nitrogens with one attached hydrogen (secondary N) is 1. The minimum Gasteiger partial charge on any atom is -0.484 e. The SMILES string of the molecule is CCn1c2ccccc2c2cc(NC(=O)COc3ccc(C(C)C)cc3)ccc21. The summed E-state index contributed by atoms with van der Waals surface area (Å²) in [5.41, 5.74) is 4.41. The van der Waals surface area contributed by atoms with Crippen molar-refractivity contribution in [2.75, 3.05) is 11.9 Å². The number of para-hydroxylation sites is 1. The highest BCUT2D eigenvalue weighted by Crippen LogP contribution is 2.31. The van der Waals surface area contributed by atoms with Crippen molar-refractivity contribution in [2.24, 2.45) is 0 Å². The average Bonchev–Trinajstić information content (AvgIpc) is 3.05. The third-order valence-corrected chi connectivity index (χ3v) is 5.29. The van der Waals surface area contributed by atoms with Crippen LogP contribution in [-0.2, 0) is 11.3 Å². The van der Waals surface area contributed by atoms with Crippen LogP contribution in [0.5, 0.6) is 5.75 Å². The number of anilines is 1. The topological polar surface area (TPSA) is 43.3 Å². The lowest BCUT2D eigenvalue weighted by Crippen LogP contribution is -2.20. The second kappa shape index (κ2) is 8.00. The van der Waals surface area contributed by atoms with Crippen LogP contribution in [0.25, 0.3) is 21.8 Å². The molecule has 148 valence electrons. The summed E-state index contributed by atoms with van der Waals surface area (Å²) in [4.78, 5) is 12.4. The van der Waals surface area contributed by atoms with Crippen LogP contribution in [-0.4, -0.2) is 17.1 Å². The summed E-state index contributed by atoms with van der Waals surface area (Å²) < 4.78 is 7.93. The molecule has 0 bridgehead atoms. The number of hydrogen-bond acceptors (Lipinski definition) is 2. The largest absolute Gasteiger partial charge is 0.484 e. The zero-order chi connectivity index (χ0) is 20.4. The zero-order valence-corrected chi connectivity index (χ0v) is 17.1. The van der Waals surface area contributed by atoms with Gasteiger partial charge in [-0.25, -0.2) is 0 Å². The molecule has 0 radical (unpaired) electrons.